The van der Waals surface area contributed by atoms with Crippen LogP contribution in [0.1, 0.15) is 46.0 Å². The van der Waals surface area contributed by atoms with E-state index in [0.29, 0.717) is 12.5 Å². The topological polar surface area (TPSA) is 32.3 Å². The molecule has 0 aromatic carbocycles. The molecule has 2 fully saturated rings. The minimum absolute atomic E-state index is 0.0280. The van der Waals surface area contributed by atoms with Gasteiger partial charge in [-0.1, -0.05) is 20.3 Å². The van der Waals surface area contributed by atoms with Crippen LogP contribution >= 0.6 is 0 Å². The molecular weight excluding hydrogens is 186 g/mol. The Kier molecular flexibility index (Phi) is 3.36. The summed E-state index contributed by atoms with van der Waals surface area (Å²) in [4.78, 5) is 0. The van der Waals surface area contributed by atoms with E-state index in [4.69, 9.17) is 0 Å². The van der Waals surface area contributed by atoms with Crippen molar-refractivity contribution in [3.05, 3.63) is 0 Å². The van der Waals surface area contributed by atoms with E-state index in [0.717, 1.165) is 24.8 Å². The predicted octanol–water partition coefficient (Wildman–Crippen LogP) is 2.17. The molecule has 0 bridgehead atoms. The third-order valence-electron chi connectivity index (χ3n) is 4.47. The second-order valence-corrected chi connectivity index (χ2v) is 5.93. The third-order valence-corrected chi connectivity index (χ3v) is 4.47. The van der Waals surface area contributed by atoms with E-state index in [1.807, 2.05) is 0 Å². The monoisotopic (exact) mass is 211 g/mol. The molecule has 88 valence electrons. The van der Waals surface area contributed by atoms with Gasteiger partial charge in [-0.05, 0) is 50.0 Å². The summed E-state index contributed by atoms with van der Waals surface area (Å²) in [5, 5.41) is 13.4. The van der Waals surface area contributed by atoms with Gasteiger partial charge in [-0.25, -0.2) is 0 Å². The average molecular weight is 211 g/mol. The van der Waals surface area contributed by atoms with E-state index in [-0.39, 0.29) is 5.54 Å². The summed E-state index contributed by atoms with van der Waals surface area (Å²) < 4.78 is 0. The largest absolute Gasteiger partial charge is 0.394 e. The zero-order valence-electron chi connectivity index (χ0n) is 10.1. The van der Waals surface area contributed by atoms with Crippen LogP contribution in [-0.4, -0.2) is 23.8 Å². The number of hydrogen-bond acceptors (Lipinski definition) is 2. The molecule has 0 aromatic rings. The van der Waals surface area contributed by atoms with Gasteiger partial charge < -0.3 is 10.4 Å². The maximum atomic E-state index is 9.70. The highest BCUT2D eigenvalue weighted by molar-refractivity contribution is 4.98. The molecule has 0 amide bonds. The zero-order chi connectivity index (χ0) is 10.9. The van der Waals surface area contributed by atoms with Gasteiger partial charge in [-0.3, -0.25) is 0 Å². The Hall–Kier alpha value is -0.0800. The molecule has 0 aromatic heterocycles. The van der Waals surface area contributed by atoms with Crippen molar-refractivity contribution in [1.29, 1.82) is 0 Å². The molecule has 0 saturated heterocycles. The minimum atomic E-state index is 0.0280. The lowest BCUT2D eigenvalue weighted by Crippen LogP contribution is -2.56. The van der Waals surface area contributed by atoms with E-state index in [1.165, 1.54) is 25.7 Å². The molecule has 2 saturated carbocycles. The van der Waals surface area contributed by atoms with Gasteiger partial charge in [0.15, 0.2) is 0 Å². The zero-order valence-corrected chi connectivity index (χ0v) is 10.1. The molecule has 2 N–H and O–H groups in total. The fourth-order valence-corrected chi connectivity index (χ4v) is 2.93. The van der Waals surface area contributed by atoms with Gasteiger partial charge >= 0.3 is 0 Å². The van der Waals surface area contributed by atoms with Crippen LogP contribution in [0.25, 0.3) is 0 Å². The summed E-state index contributed by atoms with van der Waals surface area (Å²) in [7, 11) is 0. The van der Waals surface area contributed by atoms with Crippen molar-refractivity contribution in [3.63, 3.8) is 0 Å². The maximum absolute atomic E-state index is 9.70. The molecule has 0 radical (unpaired) electrons. The van der Waals surface area contributed by atoms with E-state index in [1.54, 1.807) is 0 Å². The highest BCUT2D eigenvalue weighted by atomic mass is 16.3. The molecule has 0 heterocycles. The molecule has 0 spiro atoms. The summed E-state index contributed by atoms with van der Waals surface area (Å²) in [5.74, 6) is 2.29. The van der Waals surface area contributed by atoms with Crippen LogP contribution in [-0.2, 0) is 0 Å². The number of nitrogens with one attached hydrogen (secondary N) is 1. The predicted molar refractivity (Wildman–Crippen MR) is 62.7 cm³/mol. The standard InChI is InChI=1S/C13H25NO/c1-10-3-4-11(2)13(7-10,9-15)14-8-12-5-6-12/h10-12,14-15H,3-9H2,1-2H3. The molecule has 2 aliphatic carbocycles. The molecule has 2 heteroatoms. The average Bonchev–Trinajstić information content (AvgIpc) is 3.03. The number of rotatable bonds is 4. The van der Waals surface area contributed by atoms with Crippen LogP contribution in [0.3, 0.4) is 0 Å². The molecule has 15 heavy (non-hydrogen) atoms. The van der Waals surface area contributed by atoms with Gasteiger partial charge in [-0.15, -0.1) is 0 Å². The van der Waals surface area contributed by atoms with Crippen LogP contribution in [0.4, 0.5) is 0 Å². The molecule has 2 nitrogen and oxygen atoms in total. The van der Waals surface area contributed by atoms with Gasteiger partial charge in [-0.2, -0.15) is 0 Å². The maximum Gasteiger partial charge on any atom is 0.0616 e. The van der Waals surface area contributed by atoms with Crippen LogP contribution < -0.4 is 5.32 Å². The van der Waals surface area contributed by atoms with E-state index in [9.17, 15) is 5.11 Å². The van der Waals surface area contributed by atoms with Crippen LogP contribution in [0.5, 0.6) is 0 Å². The van der Waals surface area contributed by atoms with Crippen molar-refractivity contribution >= 4 is 0 Å². The van der Waals surface area contributed by atoms with Gasteiger partial charge in [0.25, 0.3) is 0 Å². The molecule has 0 aliphatic heterocycles. The van der Waals surface area contributed by atoms with E-state index < -0.39 is 0 Å². The van der Waals surface area contributed by atoms with Gasteiger partial charge in [0.2, 0.25) is 0 Å². The van der Waals surface area contributed by atoms with Crippen LogP contribution in [0.15, 0.2) is 0 Å². The first-order valence-corrected chi connectivity index (χ1v) is 6.52. The lowest BCUT2D eigenvalue weighted by atomic mass is 9.70. The first-order valence-electron chi connectivity index (χ1n) is 6.52. The van der Waals surface area contributed by atoms with E-state index in [2.05, 4.69) is 19.2 Å². The highest BCUT2D eigenvalue weighted by Gasteiger charge is 2.40. The van der Waals surface area contributed by atoms with Gasteiger partial charge in [0.1, 0.15) is 0 Å². The molecular formula is C13H25NO. The first-order chi connectivity index (χ1) is 7.16. The summed E-state index contributed by atoms with van der Waals surface area (Å²) in [6.07, 6.45) is 6.52. The van der Waals surface area contributed by atoms with Crippen molar-refractivity contribution in [1.82, 2.24) is 5.32 Å². The van der Waals surface area contributed by atoms with Crippen molar-refractivity contribution in [2.75, 3.05) is 13.2 Å². The Morgan fingerprint density at radius 2 is 1.93 bits per heavy atom. The smallest absolute Gasteiger partial charge is 0.0616 e. The Bertz CT molecular complexity index is 215. The second-order valence-electron chi connectivity index (χ2n) is 5.93. The highest BCUT2D eigenvalue weighted by Crippen LogP contribution is 2.38. The Balaban J connectivity index is 1.95. The Morgan fingerprint density at radius 3 is 2.53 bits per heavy atom. The summed E-state index contributed by atoms with van der Waals surface area (Å²) in [5.41, 5.74) is 0.0280. The molecule has 3 unspecified atom stereocenters. The van der Waals surface area contributed by atoms with E-state index >= 15 is 0 Å². The summed E-state index contributed by atoms with van der Waals surface area (Å²) >= 11 is 0. The number of hydrogen-bond donors (Lipinski definition) is 2. The van der Waals surface area contributed by atoms with Crippen molar-refractivity contribution < 1.29 is 5.11 Å². The van der Waals surface area contributed by atoms with Crippen LogP contribution in [0, 0.1) is 17.8 Å². The lowest BCUT2D eigenvalue weighted by molar-refractivity contribution is 0.0533. The molecule has 3 atom stereocenters. The molecule has 2 aliphatic rings. The summed E-state index contributed by atoms with van der Waals surface area (Å²) in [6, 6.07) is 0. The summed E-state index contributed by atoms with van der Waals surface area (Å²) in [6.45, 7) is 6.04. The third kappa shape index (κ3) is 2.54. The quantitative estimate of drug-likeness (QED) is 0.747. The normalized spacial score (nSPS) is 41.8. The van der Waals surface area contributed by atoms with Crippen LogP contribution in [0.2, 0.25) is 0 Å². The van der Waals surface area contributed by atoms with Crippen molar-refractivity contribution in [3.8, 4) is 0 Å². The fourth-order valence-electron chi connectivity index (χ4n) is 2.93. The van der Waals surface area contributed by atoms with Crippen molar-refractivity contribution in [2.24, 2.45) is 17.8 Å². The van der Waals surface area contributed by atoms with Gasteiger partial charge in [0, 0.05) is 5.54 Å². The first kappa shape index (κ1) is 11.4. The number of aliphatic hydroxyl groups excluding tert-OH is 1. The fraction of sp³-hybridized carbons (Fsp3) is 1.00. The number of aliphatic hydroxyl groups is 1. The second kappa shape index (κ2) is 4.42. The molecule has 2 rings (SSSR count). The van der Waals surface area contributed by atoms with Gasteiger partial charge in [0.05, 0.1) is 6.61 Å². The Labute approximate surface area is 93.5 Å². The minimum Gasteiger partial charge on any atom is -0.394 e. The Morgan fingerprint density at radius 1 is 1.20 bits per heavy atom. The van der Waals surface area contributed by atoms with Crippen molar-refractivity contribution in [2.45, 2.75) is 51.5 Å². The lowest BCUT2D eigenvalue weighted by Gasteiger charge is -2.45. The SMILES string of the molecule is CC1CCC(C)C(CO)(NCC2CC2)C1.